The molecule has 120 valence electrons. The zero-order valence-corrected chi connectivity index (χ0v) is 13.7. The van der Waals surface area contributed by atoms with Crippen molar-refractivity contribution in [2.45, 2.75) is 32.7 Å². The number of amides is 3. The maximum atomic E-state index is 12.4. The third-order valence-corrected chi connectivity index (χ3v) is 3.85. The zero-order chi connectivity index (χ0) is 16.1. The Balaban J connectivity index is 1.95. The fourth-order valence-corrected chi connectivity index (χ4v) is 2.56. The summed E-state index contributed by atoms with van der Waals surface area (Å²) in [6.07, 6.45) is 1.55. The molecule has 2 rings (SSSR count). The molecule has 1 atom stereocenters. The van der Waals surface area contributed by atoms with Crippen molar-refractivity contribution in [2.24, 2.45) is 5.92 Å². The van der Waals surface area contributed by atoms with Crippen LogP contribution in [-0.2, 0) is 4.79 Å². The van der Waals surface area contributed by atoms with Gasteiger partial charge in [0.25, 0.3) is 0 Å². The van der Waals surface area contributed by atoms with E-state index in [4.69, 9.17) is 11.6 Å². The predicted molar refractivity (Wildman–Crippen MR) is 88.0 cm³/mol. The van der Waals surface area contributed by atoms with Gasteiger partial charge in [-0.25, -0.2) is 4.79 Å². The lowest BCUT2D eigenvalue weighted by Gasteiger charge is -2.24. The van der Waals surface area contributed by atoms with Crippen molar-refractivity contribution in [3.63, 3.8) is 0 Å². The number of halogens is 1. The summed E-state index contributed by atoms with van der Waals surface area (Å²) in [5.41, 5.74) is 0.669. The van der Waals surface area contributed by atoms with Crippen LogP contribution in [0.3, 0.4) is 0 Å². The number of nitrogens with one attached hydrogen (secondary N) is 2. The van der Waals surface area contributed by atoms with Gasteiger partial charge in [0.05, 0.1) is 0 Å². The molecule has 1 aromatic carbocycles. The van der Waals surface area contributed by atoms with E-state index in [1.54, 1.807) is 29.2 Å². The van der Waals surface area contributed by atoms with Gasteiger partial charge < -0.3 is 15.5 Å². The molecule has 0 spiro atoms. The maximum absolute atomic E-state index is 12.4. The number of carbonyl (C=O) groups excluding carboxylic acids is 2. The van der Waals surface area contributed by atoms with Gasteiger partial charge in [-0.15, -0.1) is 0 Å². The molecule has 0 aliphatic carbocycles. The van der Waals surface area contributed by atoms with Crippen molar-refractivity contribution < 1.29 is 9.59 Å². The Morgan fingerprint density at radius 1 is 1.32 bits per heavy atom. The zero-order valence-electron chi connectivity index (χ0n) is 12.9. The summed E-state index contributed by atoms with van der Waals surface area (Å²) in [6, 6.07) is 6.28. The molecule has 0 unspecified atom stereocenters. The van der Waals surface area contributed by atoms with Crippen LogP contribution < -0.4 is 10.6 Å². The van der Waals surface area contributed by atoms with E-state index in [0.29, 0.717) is 36.1 Å². The van der Waals surface area contributed by atoms with Crippen LogP contribution in [-0.4, -0.2) is 36.0 Å². The highest BCUT2D eigenvalue weighted by Crippen LogP contribution is 2.20. The lowest BCUT2D eigenvalue weighted by molar-refractivity contribution is -0.124. The fourth-order valence-electron chi connectivity index (χ4n) is 2.43. The van der Waals surface area contributed by atoms with Crippen molar-refractivity contribution >= 4 is 29.2 Å². The molecule has 0 aromatic heterocycles. The highest BCUT2D eigenvalue weighted by atomic mass is 35.5. The number of rotatable bonds is 4. The largest absolute Gasteiger partial charge is 0.354 e. The number of nitrogens with zero attached hydrogens (tertiary/aromatic N) is 1. The van der Waals surface area contributed by atoms with Crippen LogP contribution in [0.4, 0.5) is 10.5 Å². The van der Waals surface area contributed by atoms with E-state index < -0.39 is 0 Å². The van der Waals surface area contributed by atoms with E-state index >= 15 is 0 Å². The van der Waals surface area contributed by atoms with Crippen molar-refractivity contribution in [2.75, 3.05) is 18.4 Å². The van der Waals surface area contributed by atoms with E-state index in [1.807, 2.05) is 13.8 Å². The number of likely N-dealkylation sites (tertiary alicyclic amines) is 1. The summed E-state index contributed by atoms with van der Waals surface area (Å²) in [5, 5.41) is 6.33. The monoisotopic (exact) mass is 323 g/mol. The first-order chi connectivity index (χ1) is 10.5. The minimum Gasteiger partial charge on any atom is -0.354 e. The molecule has 1 aliphatic rings. The second-order valence-electron chi connectivity index (χ2n) is 5.93. The van der Waals surface area contributed by atoms with Gasteiger partial charge in [-0.3, -0.25) is 4.79 Å². The Labute approximate surface area is 136 Å². The van der Waals surface area contributed by atoms with Crippen LogP contribution in [0.15, 0.2) is 24.3 Å². The van der Waals surface area contributed by atoms with Gasteiger partial charge in [0.2, 0.25) is 5.91 Å². The Morgan fingerprint density at radius 3 is 2.64 bits per heavy atom. The van der Waals surface area contributed by atoms with Gasteiger partial charge in [0.1, 0.15) is 6.04 Å². The molecule has 3 amide bonds. The van der Waals surface area contributed by atoms with Gasteiger partial charge in [-0.1, -0.05) is 25.4 Å². The highest BCUT2D eigenvalue weighted by molar-refractivity contribution is 6.30. The molecule has 1 saturated heterocycles. The highest BCUT2D eigenvalue weighted by Gasteiger charge is 2.34. The van der Waals surface area contributed by atoms with Crippen LogP contribution in [0.2, 0.25) is 5.02 Å². The molecule has 0 bridgehead atoms. The van der Waals surface area contributed by atoms with Crippen molar-refractivity contribution in [1.29, 1.82) is 0 Å². The number of hydrogen-bond acceptors (Lipinski definition) is 2. The quantitative estimate of drug-likeness (QED) is 0.894. The van der Waals surface area contributed by atoms with Gasteiger partial charge in [0.15, 0.2) is 0 Å². The Morgan fingerprint density at radius 2 is 2.00 bits per heavy atom. The summed E-state index contributed by atoms with van der Waals surface area (Å²) in [6.45, 7) is 5.31. The summed E-state index contributed by atoms with van der Waals surface area (Å²) in [7, 11) is 0. The molecule has 1 aliphatic heterocycles. The Hall–Kier alpha value is -1.75. The molecular weight excluding hydrogens is 302 g/mol. The van der Waals surface area contributed by atoms with Crippen molar-refractivity contribution in [3.05, 3.63) is 29.3 Å². The van der Waals surface area contributed by atoms with E-state index in [0.717, 1.165) is 6.42 Å². The topological polar surface area (TPSA) is 61.4 Å². The molecule has 1 heterocycles. The molecule has 6 heteroatoms. The van der Waals surface area contributed by atoms with E-state index in [-0.39, 0.29) is 18.0 Å². The molecule has 5 nitrogen and oxygen atoms in total. The van der Waals surface area contributed by atoms with Gasteiger partial charge in [-0.2, -0.15) is 0 Å². The van der Waals surface area contributed by atoms with Crippen LogP contribution in [0.25, 0.3) is 0 Å². The minimum absolute atomic E-state index is 0.0718. The second kappa shape index (κ2) is 7.49. The molecule has 0 radical (unpaired) electrons. The van der Waals surface area contributed by atoms with E-state index in [1.165, 1.54) is 0 Å². The number of benzene rings is 1. The average Bonchev–Trinajstić information content (AvgIpc) is 2.96. The third kappa shape index (κ3) is 4.37. The number of urea groups is 1. The Bertz CT molecular complexity index is 531. The molecule has 1 fully saturated rings. The summed E-state index contributed by atoms with van der Waals surface area (Å²) >= 11 is 5.82. The molecule has 1 aromatic rings. The standard InChI is InChI=1S/C16H22ClN3O2/c1-11(2)10-18-15(21)14-4-3-9-20(14)16(22)19-13-7-5-12(17)6-8-13/h5-8,11,14H,3-4,9-10H2,1-2H3,(H,18,21)(H,19,22)/t14-/m1/s1. The molecule has 2 N–H and O–H groups in total. The number of carbonyl (C=O) groups is 2. The summed E-state index contributed by atoms with van der Waals surface area (Å²) < 4.78 is 0. The smallest absolute Gasteiger partial charge is 0.322 e. The lowest BCUT2D eigenvalue weighted by Crippen LogP contribution is -2.48. The molecular formula is C16H22ClN3O2. The normalized spacial score (nSPS) is 17.6. The van der Waals surface area contributed by atoms with Gasteiger partial charge in [0, 0.05) is 23.8 Å². The first-order valence-corrected chi connectivity index (χ1v) is 7.96. The van der Waals surface area contributed by atoms with E-state index in [9.17, 15) is 9.59 Å². The SMILES string of the molecule is CC(C)CNC(=O)[C@H]1CCCN1C(=O)Nc1ccc(Cl)cc1. The van der Waals surface area contributed by atoms with Crippen molar-refractivity contribution in [3.8, 4) is 0 Å². The fraction of sp³-hybridized carbons (Fsp3) is 0.500. The summed E-state index contributed by atoms with van der Waals surface area (Å²) in [5.74, 6) is 0.319. The number of hydrogen-bond donors (Lipinski definition) is 2. The average molecular weight is 324 g/mol. The summed E-state index contributed by atoms with van der Waals surface area (Å²) in [4.78, 5) is 26.2. The van der Waals surface area contributed by atoms with Gasteiger partial charge >= 0.3 is 6.03 Å². The third-order valence-electron chi connectivity index (χ3n) is 3.60. The van der Waals surface area contributed by atoms with Crippen molar-refractivity contribution in [1.82, 2.24) is 10.2 Å². The Kier molecular flexibility index (Phi) is 5.66. The first kappa shape index (κ1) is 16.6. The van der Waals surface area contributed by atoms with Crippen LogP contribution >= 0.6 is 11.6 Å². The molecule has 22 heavy (non-hydrogen) atoms. The van der Waals surface area contributed by atoms with Gasteiger partial charge in [-0.05, 0) is 43.0 Å². The minimum atomic E-state index is -0.383. The van der Waals surface area contributed by atoms with Crippen LogP contribution in [0, 0.1) is 5.92 Å². The first-order valence-electron chi connectivity index (χ1n) is 7.58. The number of anilines is 1. The predicted octanol–water partition coefficient (Wildman–Crippen LogP) is 3.11. The maximum Gasteiger partial charge on any atom is 0.322 e. The molecule has 0 saturated carbocycles. The second-order valence-corrected chi connectivity index (χ2v) is 6.36. The van der Waals surface area contributed by atoms with Crippen LogP contribution in [0.5, 0.6) is 0 Å². The van der Waals surface area contributed by atoms with Crippen LogP contribution in [0.1, 0.15) is 26.7 Å². The lowest BCUT2D eigenvalue weighted by atomic mass is 10.2. The van der Waals surface area contributed by atoms with E-state index in [2.05, 4.69) is 10.6 Å².